The summed E-state index contributed by atoms with van der Waals surface area (Å²) in [5, 5.41) is 2.84. The van der Waals surface area contributed by atoms with Crippen LogP contribution in [0, 0.1) is 6.92 Å². The van der Waals surface area contributed by atoms with Crippen LogP contribution in [0.3, 0.4) is 0 Å². The van der Waals surface area contributed by atoms with Crippen LogP contribution in [0.1, 0.15) is 34.0 Å². The van der Waals surface area contributed by atoms with Crippen LogP contribution in [-0.2, 0) is 17.5 Å². The molecule has 0 saturated carbocycles. The Hall–Kier alpha value is -3.44. The lowest BCUT2D eigenvalue weighted by molar-refractivity contribution is -0.138. The van der Waals surface area contributed by atoms with Crippen molar-refractivity contribution in [2.45, 2.75) is 32.6 Å². The van der Waals surface area contributed by atoms with Crippen molar-refractivity contribution >= 4 is 22.6 Å². The molecule has 1 saturated heterocycles. The van der Waals surface area contributed by atoms with E-state index in [4.69, 9.17) is 4.74 Å². The van der Waals surface area contributed by atoms with Crippen LogP contribution in [0.25, 0.3) is 11.0 Å². The second-order valence-corrected chi connectivity index (χ2v) is 9.88. The molecule has 1 aliphatic heterocycles. The number of carbonyl (C=O) groups excluding carboxylic acids is 1. The van der Waals surface area contributed by atoms with E-state index in [-0.39, 0.29) is 29.2 Å². The third-order valence-corrected chi connectivity index (χ3v) is 6.64. The standard InChI is InChI=1S/C27H32F3N5O3/c1-17(14-33(3)4)32-26(37)21-16-35(15-19-6-5-7-22(18(19)2)27(28,29)30)23-12-20(13-31-24(23)25(21)36)34-8-10-38-11-9-34/h5-7,12-13,16-17H,8-11,14-15H2,1-4H3,(H,32,37)/t17-/m0/s1. The van der Waals surface area contributed by atoms with E-state index in [0.717, 1.165) is 11.8 Å². The van der Waals surface area contributed by atoms with E-state index in [1.807, 2.05) is 25.9 Å². The molecule has 1 amide bonds. The summed E-state index contributed by atoms with van der Waals surface area (Å²) >= 11 is 0. The fourth-order valence-electron chi connectivity index (χ4n) is 4.78. The van der Waals surface area contributed by atoms with Gasteiger partial charge >= 0.3 is 6.18 Å². The number of nitrogens with zero attached hydrogens (tertiary/aromatic N) is 4. The molecule has 0 spiro atoms. The van der Waals surface area contributed by atoms with Gasteiger partial charge in [-0.3, -0.25) is 9.59 Å². The quantitative estimate of drug-likeness (QED) is 0.504. The molecule has 2 aromatic heterocycles. The number of fused-ring (bicyclic) bond motifs is 1. The van der Waals surface area contributed by atoms with Crippen molar-refractivity contribution in [3.63, 3.8) is 0 Å². The second kappa shape index (κ2) is 11.1. The van der Waals surface area contributed by atoms with E-state index in [1.165, 1.54) is 19.2 Å². The fourth-order valence-corrected chi connectivity index (χ4v) is 4.78. The number of ether oxygens (including phenoxy) is 1. The number of amides is 1. The summed E-state index contributed by atoms with van der Waals surface area (Å²) in [6, 6.07) is 5.60. The molecule has 204 valence electrons. The van der Waals surface area contributed by atoms with Gasteiger partial charge in [0.25, 0.3) is 5.91 Å². The first kappa shape index (κ1) is 27.6. The lowest BCUT2D eigenvalue weighted by Crippen LogP contribution is -2.41. The largest absolute Gasteiger partial charge is 0.416 e. The van der Waals surface area contributed by atoms with Crippen LogP contribution in [0.4, 0.5) is 18.9 Å². The predicted octanol–water partition coefficient (Wildman–Crippen LogP) is 3.29. The first-order valence-corrected chi connectivity index (χ1v) is 12.4. The van der Waals surface area contributed by atoms with Crippen LogP contribution < -0.4 is 15.6 Å². The maximum absolute atomic E-state index is 13.6. The summed E-state index contributed by atoms with van der Waals surface area (Å²) < 4.78 is 47.8. The highest BCUT2D eigenvalue weighted by Gasteiger charge is 2.33. The summed E-state index contributed by atoms with van der Waals surface area (Å²) in [7, 11) is 3.75. The number of hydrogen-bond acceptors (Lipinski definition) is 6. The summed E-state index contributed by atoms with van der Waals surface area (Å²) in [5.41, 5.74) is 0.450. The molecule has 11 heteroatoms. The maximum Gasteiger partial charge on any atom is 0.416 e. The van der Waals surface area contributed by atoms with Crippen molar-refractivity contribution in [1.29, 1.82) is 0 Å². The van der Waals surface area contributed by atoms with Crippen LogP contribution in [0.2, 0.25) is 0 Å². The van der Waals surface area contributed by atoms with Crippen LogP contribution in [0.5, 0.6) is 0 Å². The van der Waals surface area contributed by atoms with Gasteiger partial charge in [0.1, 0.15) is 11.1 Å². The van der Waals surface area contributed by atoms with Crippen molar-refractivity contribution in [2.24, 2.45) is 0 Å². The van der Waals surface area contributed by atoms with Gasteiger partial charge in [0.15, 0.2) is 0 Å². The average Bonchev–Trinajstić information content (AvgIpc) is 2.85. The van der Waals surface area contributed by atoms with E-state index in [1.54, 1.807) is 22.9 Å². The van der Waals surface area contributed by atoms with Gasteiger partial charge in [0.2, 0.25) is 5.43 Å². The van der Waals surface area contributed by atoms with Gasteiger partial charge in [-0.25, -0.2) is 4.98 Å². The van der Waals surface area contributed by atoms with E-state index >= 15 is 0 Å². The van der Waals surface area contributed by atoms with Crippen LogP contribution in [-0.4, -0.2) is 73.3 Å². The minimum Gasteiger partial charge on any atom is -0.378 e. The molecular weight excluding hydrogens is 499 g/mol. The summed E-state index contributed by atoms with van der Waals surface area (Å²) in [6.07, 6.45) is -1.48. The van der Waals surface area contributed by atoms with Gasteiger partial charge < -0.3 is 24.4 Å². The van der Waals surface area contributed by atoms with E-state index < -0.39 is 23.1 Å². The smallest absolute Gasteiger partial charge is 0.378 e. The molecule has 0 radical (unpaired) electrons. The molecule has 8 nitrogen and oxygen atoms in total. The number of morpholine rings is 1. The lowest BCUT2D eigenvalue weighted by atomic mass is 10.0. The van der Waals surface area contributed by atoms with Crippen molar-refractivity contribution < 1.29 is 22.7 Å². The van der Waals surface area contributed by atoms with E-state index in [0.29, 0.717) is 43.9 Å². The highest BCUT2D eigenvalue weighted by Crippen LogP contribution is 2.33. The third-order valence-electron chi connectivity index (χ3n) is 6.64. The zero-order chi connectivity index (χ0) is 27.6. The number of likely N-dealkylation sites (N-methyl/N-ethyl adjacent to an activating group) is 1. The first-order chi connectivity index (χ1) is 18.0. The highest BCUT2D eigenvalue weighted by atomic mass is 19.4. The van der Waals surface area contributed by atoms with Gasteiger partial charge in [-0.15, -0.1) is 0 Å². The van der Waals surface area contributed by atoms with Crippen LogP contribution in [0.15, 0.2) is 41.5 Å². The number of rotatable bonds is 7. The van der Waals surface area contributed by atoms with E-state index in [2.05, 4.69) is 15.2 Å². The Morgan fingerprint density at radius 3 is 2.61 bits per heavy atom. The molecule has 3 heterocycles. The minimum atomic E-state index is -4.50. The van der Waals surface area contributed by atoms with Gasteiger partial charge in [-0.05, 0) is 51.2 Å². The maximum atomic E-state index is 13.6. The Morgan fingerprint density at radius 1 is 1.24 bits per heavy atom. The van der Waals surface area contributed by atoms with Gasteiger partial charge in [0.05, 0.1) is 36.2 Å². The number of alkyl halides is 3. The molecule has 3 aromatic rings. The normalized spacial score (nSPS) is 15.2. The summed E-state index contributed by atoms with van der Waals surface area (Å²) in [4.78, 5) is 34.9. The molecular formula is C27H32F3N5O3. The van der Waals surface area contributed by atoms with Gasteiger partial charge in [-0.1, -0.05) is 12.1 Å². The minimum absolute atomic E-state index is 0.0221. The number of pyridine rings is 2. The molecule has 1 aromatic carbocycles. The molecule has 1 atom stereocenters. The summed E-state index contributed by atoms with van der Waals surface area (Å²) in [5.74, 6) is -0.556. The molecule has 38 heavy (non-hydrogen) atoms. The SMILES string of the molecule is Cc1c(Cn2cc(C(=O)N[C@@H](C)CN(C)C)c(=O)c3ncc(N4CCOCC4)cc32)cccc1C(F)(F)F. The molecule has 1 fully saturated rings. The number of hydrogen-bond donors (Lipinski definition) is 1. The molecule has 1 N–H and O–H groups in total. The van der Waals surface area contributed by atoms with Gasteiger partial charge in [-0.2, -0.15) is 13.2 Å². The summed E-state index contributed by atoms with van der Waals surface area (Å²) in [6.45, 7) is 6.25. The van der Waals surface area contributed by atoms with E-state index in [9.17, 15) is 22.8 Å². The van der Waals surface area contributed by atoms with Crippen molar-refractivity contribution in [3.8, 4) is 0 Å². The molecule has 1 aliphatic rings. The second-order valence-electron chi connectivity index (χ2n) is 9.88. The van der Waals surface area contributed by atoms with Crippen molar-refractivity contribution in [2.75, 3.05) is 51.8 Å². The Labute approximate surface area is 219 Å². The number of aromatic nitrogens is 2. The van der Waals surface area contributed by atoms with Crippen LogP contribution >= 0.6 is 0 Å². The predicted molar refractivity (Wildman–Crippen MR) is 140 cm³/mol. The number of halogens is 3. The monoisotopic (exact) mass is 531 g/mol. The fraction of sp³-hybridized carbons (Fsp3) is 0.444. The number of carbonyl (C=O) groups is 1. The zero-order valence-electron chi connectivity index (χ0n) is 21.9. The highest BCUT2D eigenvalue weighted by molar-refractivity contribution is 5.97. The number of anilines is 1. The Kier molecular flexibility index (Phi) is 8.08. The van der Waals surface area contributed by atoms with Crippen molar-refractivity contribution in [3.05, 3.63) is 69.1 Å². The lowest BCUT2D eigenvalue weighted by Gasteiger charge is -2.29. The van der Waals surface area contributed by atoms with Gasteiger partial charge in [0, 0.05) is 38.4 Å². The average molecular weight is 532 g/mol. The Bertz CT molecular complexity index is 1380. The number of nitrogens with one attached hydrogen (secondary N) is 1. The molecule has 0 aliphatic carbocycles. The molecule has 0 unspecified atom stereocenters. The first-order valence-electron chi connectivity index (χ1n) is 12.4. The van der Waals surface area contributed by atoms with Crippen molar-refractivity contribution in [1.82, 2.24) is 19.8 Å². The Balaban J connectivity index is 1.83. The number of benzene rings is 1. The zero-order valence-corrected chi connectivity index (χ0v) is 21.9. The third kappa shape index (κ3) is 5.99. The topological polar surface area (TPSA) is 79.7 Å². The Morgan fingerprint density at radius 2 is 1.95 bits per heavy atom. The molecule has 0 bridgehead atoms. The molecule has 4 rings (SSSR count).